The van der Waals surface area contributed by atoms with Crippen molar-refractivity contribution < 1.29 is 4.79 Å². The highest BCUT2D eigenvalue weighted by atomic mass is 16.1. The van der Waals surface area contributed by atoms with Crippen LogP contribution in [0, 0.1) is 0 Å². The molecule has 0 radical (unpaired) electrons. The highest BCUT2D eigenvalue weighted by Gasteiger charge is 2.23. The van der Waals surface area contributed by atoms with Gasteiger partial charge in [0.15, 0.2) is 11.6 Å². The van der Waals surface area contributed by atoms with Gasteiger partial charge in [-0.2, -0.15) is 0 Å². The molecule has 3 heteroatoms. The predicted molar refractivity (Wildman–Crippen MR) is 64.7 cm³/mol. The summed E-state index contributed by atoms with van der Waals surface area (Å²) < 4.78 is 2.00. The molecule has 0 atom stereocenters. The molecular formula is C13H16N2O. The first-order valence-electron chi connectivity index (χ1n) is 5.40. The van der Waals surface area contributed by atoms with E-state index in [0.717, 1.165) is 11.0 Å². The lowest BCUT2D eigenvalue weighted by Crippen LogP contribution is -2.25. The number of fused-ring (bicyclic) bond motifs is 1. The van der Waals surface area contributed by atoms with Crippen molar-refractivity contribution in [3.63, 3.8) is 0 Å². The van der Waals surface area contributed by atoms with E-state index in [1.165, 1.54) is 0 Å². The molecule has 1 heterocycles. The molecule has 3 nitrogen and oxygen atoms in total. The van der Waals surface area contributed by atoms with Gasteiger partial charge in [-0.25, -0.2) is 4.98 Å². The van der Waals surface area contributed by atoms with Crippen molar-refractivity contribution in [2.75, 3.05) is 0 Å². The summed E-state index contributed by atoms with van der Waals surface area (Å²) in [7, 11) is 0. The molecule has 2 rings (SSSR count). The van der Waals surface area contributed by atoms with Gasteiger partial charge >= 0.3 is 0 Å². The molecule has 0 N–H and O–H groups in total. The zero-order valence-corrected chi connectivity index (χ0v) is 10.1. The number of Topliss-reactive ketones (excluding diaryl/α,β-unsaturated/α-hetero) is 1. The zero-order chi connectivity index (χ0) is 11.9. The van der Waals surface area contributed by atoms with Crippen molar-refractivity contribution in [1.82, 2.24) is 9.55 Å². The molecule has 0 saturated heterocycles. The molecule has 2 aromatic rings. The van der Waals surface area contributed by atoms with Gasteiger partial charge in [0.1, 0.15) is 0 Å². The van der Waals surface area contributed by atoms with Crippen molar-refractivity contribution >= 4 is 16.8 Å². The second-order valence-electron chi connectivity index (χ2n) is 4.99. The molecule has 1 aromatic heterocycles. The number of para-hydroxylation sites is 2. The van der Waals surface area contributed by atoms with Crippen LogP contribution in [-0.4, -0.2) is 15.3 Å². The van der Waals surface area contributed by atoms with Gasteiger partial charge in [0, 0.05) is 12.5 Å². The van der Waals surface area contributed by atoms with Crippen LogP contribution in [0.5, 0.6) is 0 Å². The van der Waals surface area contributed by atoms with Crippen LogP contribution in [0.4, 0.5) is 0 Å². The monoisotopic (exact) mass is 216 g/mol. The van der Waals surface area contributed by atoms with Gasteiger partial charge in [-0.1, -0.05) is 12.1 Å². The number of hydrogen-bond donors (Lipinski definition) is 0. The third kappa shape index (κ3) is 1.62. The Morgan fingerprint density at radius 2 is 1.88 bits per heavy atom. The lowest BCUT2D eigenvalue weighted by atomic mass is 10.1. The minimum absolute atomic E-state index is 0.00567. The van der Waals surface area contributed by atoms with Gasteiger partial charge in [0.25, 0.3) is 0 Å². The Morgan fingerprint density at radius 3 is 2.44 bits per heavy atom. The Morgan fingerprint density at radius 1 is 1.25 bits per heavy atom. The highest BCUT2D eigenvalue weighted by Crippen LogP contribution is 2.25. The number of ketones is 1. The van der Waals surface area contributed by atoms with E-state index in [1.54, 1.807) is 6.92 Å². The minimum atomic E-state index is -0.142. The predicted octanol–water partition coefficient (Wildman–Crippen LogP) is 2.99. The van der Waals surface area contributed by atoms with Crippen LogP contribution >= 0.6 is 0 Å². The van der Waals surface area contributed by atoms with Crippen molar-refractivity contribution in [1.29, 1.82) is 0 Å². The second kappa shape index (κ2) is 3.44. The van der Waals surface area contributed by atoms with Crippen LogP contribution in [0.25, 0.3) is 11.0 Å². The molecule has 0 bridgehead atoms. The molecule has 0 fully saturated rings. The second-order valence-corrected chi connectivity index (χ2v) is 4.99. The molecule has 0 spiro atoms. The smallest absolute Gasteiger partial charge is 0.195 e. The first-order chi connectivity index (χ1) is 7.41. The topological polar surface area (TPSA) is 34.9 Å². The first-order valence-corrected chi connectivity index (χ1v) is 5.40. The number of nitrogens with zero attached hydrogens (tertiary/aromatic N) is 2. The lowest BCUT2D eigenvalue weighted by Gasteiger charge is -2.23. The number of rotatable bonds is 1. The third-order valence-corrected chi connectivity index (χ3v) is 2.55. The number of imidazole rings is 1. The van der Waals surface area contributed by atoms with Crippen molar-refractivity contribution in [2.45, 2.75) is 33.2 Å². The van der Waals surface area contributed by atoms with Crippen molar-refractivity contribution in [3.05, 3.63) is 30.1 Å². The fraction of sp³-hybridized carbons (Fsp3) is 0.385. The third-order valence-electron chi connectivity index (χ3n) is 2.55. The minimum Gasteiger partial charge on any atom is -0.316 e. The van der Waals surface area contributed by atoms with Crippen LogP contribution in [-0.2, 0) is 5.54 Å². The molecule has 0 aliphatic heterocycles. The first kappa shape index (κ1) is 10.9. The molecule has 0 aliphatic rings. The van der Waals surface area contributed by atoms with E-state index in [9.17, 15) is 4.79 Å². The molecule has 84 valence electrons. The zero-order valence-electron chi connectivity index (χ0n) is 10.1. The van der Waals surface area contributed by atoms with Crippen LogP contribution in [0.15, 0.2) is 24.3 Å². The SMILES string of the molecule is CC(=O)c1nc2ccccc2n1C(C)(C)C. The summed E-state index contributed by atoms with van der Waals surface area (Å²) >= 11 is 0. The fourth-order valence-corrected chi connectivity index (χ4v) is 1.94. The quantitative estimate of drug-likeness (QED) is 0.687. The van der Waals surface area contributed by atoms with Crippen LogP contribution in [0.3, 0.4) is 0 Å². The van der Waals surface area contributed by atoms with Gasteiger partial charge in [-0.3, -0.25) is 4.79 Å². The molecule has 0 aliphatic carbocycles. The van der Waals surface area contributed by atoms with Gasteiger partial charge in [-0.05, 0) is 32.9 Å². The summed E-state index contributed by atoms with van der Waals surface area (Å²) in [6, 6.07) is 7.84. The highest BCUT2D eigenvalue weighted by molar-refractivity contribution is 5.94. The van der Waals surface area contributed by atoms with E-state index in [-0.39, 0.29) is 11.3 Å². The average molecular weight is 216 g/mol. The van der Waals surface area contributed by atoms with E-state index in [1.807, 2.05) is 28.8 Å². The van der Waals surface area contributed by atoms with Gasteiger partial charge in [0.05, 0.1) is 11.0 Å². The van der Waals surface area contributed by atoms with E-state index in [4.69, 9.17) is 0 Å². The maximum Gasteiger partial charge on any atom is 0.195 e. The van der Waals surface area contributed by atoms with Crippen molar-refractivity contribution in [2.24, 2.45) is 0 Å². The van der Waals surface area contributed by atoms with Crippen molar-refractivity contribution in [3.8, 4) is 0 Å². The molecule has 0 saturated carbocycles. The fourth-order valence-electron chi connectivity index (χ4n) is 1.94. The maximum atomic E-state index is 11.6. The molecule has 0 amide bonds. The Bertz CT molecular complexity index is 547. The Balaban J connectivity index is 2.85. The summed E-state index contributed by atoms with van der Waals surface area (Å²) in [6.07, 6.45) is 0. The summed E-state index contributed by atoms with van der Waals surface area (Å²) in [5.74, 6) is 0.542. The Kier molecular flexibility index (Phi) is 2.34. The van der Waals surface area contributed by atoms with E-state index in [0.29, 0.717) is 5.82 Å². The van der Waals surface area contributed by atoms with Gasteiger partial charge in [-0.15, -0.1) is 0 Å². The molecule has 0 unspecified atom stereocenters. The molecule has 1 aromatic carbocycles. The largest absolute Gasteiger partial charge is 0.316 e. The normalized spacial score (nSPS) is 12.0. The van der Waals surface area contributed by atoms with Gasteiger partial charge in [0.2, 0.25) is 0 Å². The van der Waals surface area contributed by atoms with Gasteiger partial charge < -0.3 is 4.57 Å². The Labute approximate surface area is 95.1 Å². The average Bonchev–Trinajstić information content (AvgIpc) is 2.55. The maximum absolute atomic E-state index is 11.6. The number of hydrogen-bond acceptors (Lipinski definition) is 2. The standard InChI is InChI=1S/C13H16N2O/c1-9(16)12-14-10-7-5-6-8-11(10)15(12)13(2,3)4/h5-8H,1-4H3. The molecular weight excluding hydrogens is 200 g/mol. The number of benzene rings is 1. The van der Waals surface area contributed by atoms with Crippen LogP contribution < -0.4 is 0 Å². The lowest BCUT2D eigenvalue weighted by molar-refractivity contribution is 0.0994. The van der Waals surface area contributed by atoms with E-state index < -0.39 is 0 Å². The summed E-state index contributed by atoms with van der Waals surface area (Å²) in [6.45, 7) is 7.79. The summed E-state index contributed by atoms with van der Waals surface area (Å²) in [5.41, 5.74) is 1.75. The number of carbonyl (C=O) groups excluding carboxylic acids is 1. The van der Waals surface area contributed by atoms with Crippen LogP contribution in [0.1, 0.15) is 38.3 Å². The van der Waals surface area contributed by atoms with E-state index >= 15 is 0 Å². The summed E-state index contributed by atoms with van der Waals surface area (Å²) in [5, 5.41) is 0. The number of aromatic nitrogens is 2. The van der Waals surface area contributed by atoms with Crippen LogP contribution in [0.2, 0.25) is 0 Å². The number of carbonyl (C=O) groups is 1. The molecule has 16 heavy (non-hydrogen) atoms. The Hall–Kier alpha value is -1.64. The van der Waals surface area contributed by atoms with E-state index in [2.05, 4.69) is 25.8 Å². The summed E-state index contributed by atoms with van der Waals surface area (Å²) in [4.78, 5) is 16.0.